The first-order valence-electron chi connectivity index (χ1n) is 6.62. The van der Waals surface area contributed by atoms with Crippen molar-refractivity contribution in [3.05, 3.63) is 24.3 Å². The van der Waals surface area contributed by atoms with Gasteiger partial charge in [-0.2, -0.15) is 0 Å². The highest BCUT2D eigenvalue weighted by atomic mass is 32.2. The monoisotopic (exact) mass is 299 g/mol. The number of anilines is 1. The molecule has 0 spiro atoms. The molecule has 0 radical (unpaired) electrons. The summed E-state index contributed by atoms with van der Waals surface area (Å²) in [6.07, 6.45) is 0.921. The van der Waals surface area contributed by atoms with E-state index in [-0.39, 0.29) is 10.6 Å². The van der Waals surface area contributed by atoms with Gasteiger partial charge in [-0.1, -0.05) is 26.0 Å². The number of hydrogen-bond donors (Lipinski definition) is 1. The zero-order valence-electron chi connectivity index (χ0n) is 12.0. The number of hydrogen-bond acceptors (Lipinski definition) is 4. The number of para-hydroxylation sites is 1. The predicted octanol–water partition coefficient (Wildman–Crippen LogP) is 2.17. The molecule has 6 heteroatoms. The molecule has 0 heterocycles. The first kappa shape index (κ1) is 16.5. The second-order valence-electron chi connectivity index (χ2n) is 4.66. The van der Waals surface area contributed by atoms with Gasteiger partial charge in [0.15, 0.2) is 9.84 Å². The predicted molar refractivity (Wildman–Crippen MR) is 78.9 cm³/mol. The summed E-state index contributed by atoms with van der Waals surface area (Å²) in [6, 6.07) is 5.81. The Kier molecular flexibility index (Phi) is 5.56. The highest BCUT2D eigenvalue weighted by Crippen LogP contribution is 2.27. The van der Waals surface area contributed by atoms with E-state index >= 15 is 0 Å². The van der Waals surface area contributed by atoms with Gasteiger partial charge in [-0.3, -0.25) is 0 Å². The Balaban J connectivity index is 3.30. The van der Waals surface area contributed by atoms with Gasteiger partial charge in [0.1, 0.15) is 6.04 Å². The van der Waals surface area contributed by atoms with Crippen LogP contribution in [0, 0.1) is 0 Å². The van der Waals surface area contributed by atoms with Crippen molar-refractivity contribution >= 4 is 21.5 Å². The van der Waals surface area contributed by atoms with E-state index < -0.39 is 21.8 Å². The Morgan fingerprint density at radius 2 is 1.90 bits per heavy atom. The van der Waals surface area contributed by atoms with Crippen LogP contribution in [0.4, 0.5) is 5.69 Å². The van der Waals surface area contributed by atoms with Crippen LogP contribution in [0.25, 0.3) is 0 Å². The zero-order valence-corrected chi connectivity index (χ0v) is 12.9. The summed E-state index contributed by atoms with van der Waals surface area (Å²) in [5.41, 5.74) is 0.440. The maximum Gasteiger partial charge on any atom is 0.326 e. The van der Waals surface area contributed by atoms with E-state index in [9.17, 15) is 18.3 Å². The minimum atomic E-state index is -3.39. The van der Waals surface area contributed by atoms with Crippen molar-refractivity contribution in [2.45, 2.75) is 37.6 Å². The molecule has 1 rings (SSSR count). The lowest BCUT2D eigenvalue weighted by atomic mass is 10.2. The fourth-order valence-electron chi connectivity index (χ4n) is 2.17. The smallest absolute Gasteiger partial charge is 0.326 e. The first-order chi connectivity index (χ1) is 9.35. The van der Waals surface area contributed by atoms with Crippen LogP contribution >= 0.6 is 0 Å². The summed E-state index contributed by atoms with van der Waals surface area (Å²) < 4.78 is 24.5. The molecule has 0 aliphatic rings. The topological polar surface area (TPSA) is 74.7 Å². The third-order valence-electron chi connectivity index (χ3n) is 3.19. The summed E-state index contributed by atoms with van der Waals surface area (Å²) in [5.74, 6) is -0.903. The van der Waals surface area contributed by atoms with Crippen LogP contribution in [0.5, 0.6) is 0 Å². The lowest BCUT2D eigenvalue weighted by molar-refractivity contribution is -0.138. The molecular formula is C14H21NO4S. The SMILES string of the molecule is CCCS(=O)(=O)c1ccccc1N(C)C(CC)C(=O)O. The Bertz CT molecular complexity index is 568. The molecule has 20 heavy (non-hydrogen) atoms. The quantitative estimate of drug-likeness (QED) is 0.835. The van der Waals surface area contributed by atoms with Gasteiger partial charge >= 0.3 is 5.97 Å². The molecule has 0 saturated carbocycles. The minimum Gasteiger partial charge on any atom is -0.480 e. The Hall–Kier alpha value is -1.56. The second kappa shape index (κ2) is 6.74. The van der Waals surface area contributed by atoms with E-state index in [4.69, 9.17) is 0 Å². The maximum absolute atomic E-state index is 12.3. The number of carbonyl (C=O) groups is 1. The lowest BCUT2D eigenvalue weighted by Crippen LogP contribution is -2.38. The molecule has 0 aliphatic carbocycles. The summed E-state index contributed by atoms with van der Waals surface area (Å²) in [4.78, 5) is 13.0. The van der Waals surface area contributed by atoms with Crippen LogP contribution < -0.4 is 4.90 Å². The van der Waals surface area contributed by atoms with Crippen LogP contribution in [0.1, 0.15) is 26.7 Å². The van der Waals surface area contributed by atoms with E-state index in [1.54, 1.807) is 39.1 Å². The van der Waals surface area contributed by atoms with Gasteiger partial charge in [-0.25, -0.2) is 13.2 Å². The molecule has 0 fully saturated rings. The van der Waals surface area contributed by atoms with Crippen molar-refractivity contribution in [2.75, 3.05) is 17.7 Å². The van der Waals surface area contributed by atoms with E-state index in [0.29, 0.717) is 18.5 Å². The van der Waals surface area contributed by atoms with E-state index in [1.165, 1.54) is 11.0 Å². The lowest BCUT2D eigenvalue weighted by Gasteiger charge is -2.27. The number of rotatable bonds is 7. The molecule has 1 aromatic carbocycles. The van der Waals surface area contributed by atoms with Gasteiger partial charge in [-0.15, -0.1) is 0 Å². The molecule has 1 N–H and O–H groups in total. The fraction of sp³-hybridized carbons (Fsp3) is 0.500. The molecule has 0 aliphatic heterocycles. The van der Waals surface area contributed by atoms with Gasteiger partial charge in [0, 0.05) is 7.05 Å². The molecule has 1 aromatic rings. The van der Waals surface area contributed by atoms with Crippen LogP contribution in [0.15, 0.2) is 29.2 Å². The summed E-state index contributed by atoms with van der Waals surface area (Å²) in [7, 11) is -1.77. The van der Waals surface area contributed by atoms with Crippen molar-refractivity contribution in [2.24, 2.45) is 0 Å². The number of aliphatic carboxylic acids is 1. The van der Waals surface area contributed by atoms with Gasteiger partial charge < -0.3 is 10.0 Å². The first-order valence-corrected chi connectivity index (χ1v) is 8.27. The van der Waals surface area contributed by atoms with Crippen molar-refractivity contribution in [3.63, 3.8) is 0 Å². The van der Waals surface area contributed by atoms with Gasteiger partial charge in [0.25, 0.3) is 0 Å². The number of nitrogens with zero attached hydrogens (tertiary/aromatic N) is 1. The molecule has 0 aromatic heterocycles. The molecule has 1 atom stereocenters. The Morgan fingerprint density at radius 1 is 1.30 bits per heavy atom. The average Bonchev–Trinajstić information content (AvgIpc) is 2.39. The third-order valence-corrected chi connectivity index (χ3v) is 5.15. The number of likely N-dealkylation sites (N-methyl/N-ethyl adjacent to an activating group) is 1. The number of benzene rings is 1. The molecule has 112 valence electrons. The van der Waals surface area contributed by atoms with Crippen molar-refractivity contribution in [3.8, 4) is 0 Å². The fourth-order valence-corrected chi connectivity index (χ4v) is 3.75. The van der Waals surface area contributed by atoms with Crippen molar-refractivity contribution < 1.29 is 18.3 Å². The minimum absolute atomic E-state index is 0.0573. The standard InChI is InChI=1S/C14H21NO4S/c1-4-10-20(18,19)13-9-7-6-8-12(13)15(3)11(5-2)14(16)17/h6-9,11H,4-5,10H2,1-3H3,(H,16,17). The highest BCUT2D eigenvalue weighted by Gasteiger charge is 2.26. The normalized spacial score (nSPS) is 12.9. The van der Waals surface area contributed by atoms with Crippen molar-refractivity contribution in [1.29, 1.82) is 0 Å². The van der Waals surface area contributed by atoms with Gasteiger partial charge in [0.05, 0.1) is 16.3 Å². The van der Waals surface area contributed by atoms with Gasteiger partial charge in [-0.05, 0) is 25.0 Å². The highest BCUT2D eigenvalue weighted by molar-refractivity contribution is 7.91. The number of carboxylic acid groups (broad SMARTS) is 1. The number of sulfone groups is 1. The van der Waals surface area contributed by atoms with Crippen LogP contribution in [0.2, 0.25) is 0 Å². The number of carboxylic acids is 1. The van der Waals surface area contributed by atoms with Gasteiger partial charge in [0.2, 0.25) is 0 Å². The van der Waals surface area contributed by atoms with Crippen LogP contribution in [-0.2, 0) is 14.6 Å². The summed E-state index contributed by atoms with van der Waals surface area (Å²) in [6.45, 7) is 3.56. The molecule has 0 amide bonds. The summed E-state index contributed by atoms with van der Waals surface area (Å²) in [5, 5.41) is 9.21. The summed E-state index contributed by atoms with van der Waals surface area (Å²) >= 11 is 0. The Morgan fingerprint density at radius 3 is 2.40 bits per heavy atom. The third kappa shape index (κ3) is 3.50. The average molecular weight is 299 g/mol. The molecule has 0 bridgehead atoms. The molecule has 5 nitrogen and oxygen atoms in total. The molecular weight excluding hydrogens is 278 g/mol. The largest absolute Gasteiger partial charge is 0.480 e. The molecule has 1 unspecified atom stereocenters. The Labute approximate surface area is 120 Å². The van der Waals surface area contributed by atoms with E-state index in [2.05, 4.69) is 0 Å². The van der Waals surface area contributed by atoms with E-state index in [1.807, 2.05) is 0 Å². The second-order valence-corrected chi connectivity index (χ2v) is 6.74. The van der Waals surface area contributed by atoms with E-state index in [0.717, 1.165) is 0 Å². The van der Waals surface area contributed by atoms with Crippen molar-refractivity contribution in [1.82, 2.24) is 0 Å². The zero-order chi connectivity index (χ0) is 15.3. The van der Waals surface area contributed by atoms with Crippen LogP contribution in [-0.4, -0.2) is 38.3 Å². The maximum atomic E-state index is 12.3. The van der Waals surface area contributed by atoms with Crippen LogP contribution in [0.3, 0.4) is 0 Å². The molecule has 0 saturated heterocycles.